The van der Waals surface area contributed by atoms with Gasteiger partial charge in [-0.15, -0.1) is 0 Å². The van der Waals surface area contributed by atoms with E-state index in [-0.39, 0.29) is 12.5 Å². The van der Waals surface area contributed by atoms with Crippen molar-refractivity contribution < 1.29 is 18.3 Å². The van der Waals surface area contributed by atoms with E-state index < -0.39 is 18.6 Å². The Balaban J connectivity index is 1.64. The van der Waals surface area contributed by atoms with Gasteiger partial charge < -0.3 is 19.9 Å². The molecule has 0 aliphatic carbocycles. The van der Waals surface area contributed by atoms with E-state index >= 15 is 0 Å². The third-order valence-electron chi connectivity index (χ3n) is 4.69. The highest BCUT2D eigenvalue weighted by Gasteiger charge is 2.44. The predicted molar refractivity (Wildman–Crippen MR) is 87.3 cm³/mol. The zero-order chi connectivity index (χ0) is 17.2. The van der Waals surface area contributed by atoms with E-state index in [1.807, 2.05) is 29.2 Å². The summed E-state index contributed by atoms with van der Waals surface area (Å²) in [6.45, 7) is 4.34. The molecule has 2 saturated heterocycles. The van der Waals surface area contributed by atoms with Crippen LogP contribution in [0.25, 0.3) is 0 Å². The lowest BCUT2D eigenvalue weighted by atomic mass is 10.1. The highest BCUT2D eigenvalue weighted by Crippen LogP contribution is 2.27. The Bertz CT molecular complexity index is 589. The first-order valence-electron chi connectivity index (χ1n) is 8.25. The Kier molecular flexibility index (Phi) is 5.01. The Morgan fingerprint density at radius 1 is 1.29 bits per heavy atom. The van der Waals surface area contributed by atoms with Gasteiger partial charge in [-0.25, -0.2) is 8.78 Å². The van der Waals surface area contributed by atoms with E-state index in [0.29, 0.717) is 19.6 Å². The molecule has 1 unspecified atom stereocenters. The standard InChI is InChI=1S/C17H23F2N3O2/c1-13(23)21-6-8-22(9-7-21)15-5-3-2-4-14(15)10-20-16-11-24-12-17(16,18)19/h2-5,16,20H,6-12H2,1H3. The lowest BCUT2D eigenvalue weighted by Gasteiger charge is -2.36. The quantitative estimate of drug-likeness (QED) is 0.903. The highest BCUT2D eigenvalue weighted by molar-refractivity contribution is 5.73. The minimum atomic E-state index is -2.82. The molecule has 3 rings (SSSR count). The summed E-state index contributed by atoms with van der Waals surface area (Å²) in [6.07, 6.45) is 0. The molecule has 1 N–H and O–H groups in total. The van der Waals surface area contributed by atoms with Crippen LogP contribution in [-0.2, 0) is 16.1 Å². The van der Waals surface area contributed by atoms with Gasteiger partial charge in [0.05, 0.1) is 12.6 Å². The number of nitrogens with zero attached hydrogens (tertiary/aromatic N) is 2. The topological polar surface area (TPSA) is 44.8 Å². The maximum atomic E-state index is 13.7. The molecular weight excluding hydrogens is 316 g/mol. The fourth-order valence-electron chi connectivity index (χ4n) is 3.21. The van der Waals surface area contributed by atoms with Crippen molar-refractivity contribution in [3.63, 3.8) is 0 Å². The monoisotopic (exact) mass is 339 g/mol. The summed E-state index contributed by atoms with van der Waals surface area (Å²) in [5.41, 5.74) is 2.02. The molecule has 1 amide bonds. The number of hydrogen-bond acceptors (Lipinski definition) is 4. The summed E-state index contributed by atoms with van der Waals surface area (Å²) in [5.74, 6) is -2.73. The highest BCUT2D eigenvalue weighted by atomic mass is 19.3. The zero-order valence-electron chi connectivity index (χ0n) is 13.8. The van der Waals surface area contributed by atoms with Crippen molar-refractivity contribution in [3.8, 4) is 0 Å². The average Bonchev–Trinajstić information content (AvgIpc) is 2.92. The predicted octanol–water partition coefficient (Wildman–Crippen LogP) is 1.48. The molecule has 2 fully saturated rings. The molecule has 1 aromatic carbocycles. The summed E-state index contributed by atoms with van der Waals surface area (Å²) in [7, 11) is 0. The van der Waals surface area contributed by atoms with Crippen molar-refractivity contribution in [2.45, 2.75) is 25.4 Å². The minimum Gasteiger partial charge on any atom is -0.373 e. The second-order valence-electron chi connectivity index (χ2n) is 6.33. The zero-order valence-corrected chi connectivity index (χ0v) is 13.8. The Hall–Kier alpha value is -1.73. The number of anilines is 1. The number of nitrogens with one attached hydrogen (secondary N) is 1. The number of amides is 1. The first-order valence-corrected chi connectivity index (χ1v) is 8.25. The number of benzene rings is 1. The van der Waals surface area contributed by atoms with Gasteiger partial charge in [0.1, 0.15) is 6.61 Å². The van der Waals surface area contributed by atoms with Crippen molar-refractivity contribution >= 4 is 11.6 Å². The molecule has 24 heavy (non-hydrogen) atoms. The normalized spacial score (nSPS) is 23.5. The van der Waals surface area contributed by atoms with Gasteiger partial charge in [0.15, 0.2) is 0 Å². The number of para-hydroxylation sites is 1. The second-order valence-corrected chi connectivity index (χ2v) is 6.33. The van der Waals surface area contributed by atoms with Gasteiger partial charge in [-0.1, -0.05) is 18.2 Å². The molecule has 0 aromatic heterocycles. The number of carbonyl (C=O) groups is 1. The minimum absolute atomic E-state index is 0.0342. The Morgan fingerprint density at radius 3 is 2.62 bits per heavy atom. The molecule has 1 aromatic rings. The average molecular weight is 339 g/mol. The van der Waals surface area contributed by atoms with Gasteiger partial charge in [-0.3, -0.25) is 4.79 Å². The van der Waals surface area contributed by atoms with Crippen molar-refractivity contribution in [2.24, 2.45) is 0 Å². The molecule has 0 spiro atoms. The van der Waals surface area contributed by atoms with Crippen LogP contribution in [0.4, 0.5) is 14.5 Å². The molecule has 2 heterocycles. The van der Waals surface area contributed by atoms with E-state index in [1.54, 1.807) is 6.92 Å². The van der Waals surface area contributed by atoms with Crippen LogP contribution in [0.15, 0.2) is 24.3 Å². The molecular formula is C17H23F2N3O2. The van der Waals surface area contributed by atoms with Crippen LogP contribution in [0.5, 0.6) is 0 Å². The molecule has 2 aliphatic rings. The largest absolute Gasteiger partial charge is 0.373 e. The molecule has 2 aliphatic heterocycles. The van der Waals surface area contributed by atoms with Crippen LogP contribution in [0.3, 0.4) is 0 Å². The van der Waals surface area contributed by atoms with Gasteiger partial charge in [0.25, 0.3) is 5.92 Å². The van der Waals surface area contributed by atoms with Gasteiger partial charge in [0.2, 0.25) is 5.91 Å². The molecule has 0 bridgehead atoms. The molecule has 0 radical (unpaired) electrons. The lowest BCUT2D eigenvalue weighted by Crippen LogP contribution is -2.48. The maximum Gasteiger partial charge on any atom is 0.288 e. The first-order chi connectivity index (χ1) is 11.5. The molecule has 0 saturated carbocycles. The van der Waals surface area contributed by atoms with Gasteiger partial charge >= 0.3 is 0 Å². The number of ether oxygens (including phenoxy) is 1. The van der Waals surface area contributed by atoms with E-state index in [2.05, 4.69) is 10.2 Å². The summed E-state index contributed by atoms with van der Waals surface area (Å²) >= 11 is 0. The molecule has 7 heteroatoms. The SMILES string of the molecule is CC(=O)N1CCN(c2ccccc2CNC2COCC2(F)F)CC1. The number of alkyl halides is 2. The van der Waals surface area contributed by atoms with Crippen LogP contribution in [0, 0.1) is 0 Å². The fraction of sp³-hybridized carbons (Fsp3) is 0.588. The van der Waals surface area contributed by atoms with Crippen LogP contribution in [0.2, 0.25) is 0 Å². The van der Waals surface area contributed by atoms with Crippen LogP contribution < -0.4 is 10.2 Å². The van der Waals surface area contributed by atoms with Crippen LogP contribution in [0.1, 0.15) is 12.5 Å². The summed E-state index contributed by atoms with van der Waals surface area (Å²) in [5, 5.41) is 2.93. The van der Waals surface area contributed by atoms with Crippen molar-refractivity contribution in [3.05, 3.63) is 29.8 Å². The summed E-state index contributed by atoms with van der Waals surface area (Å²) in [6, 6.07) is 6.87. The van der Waals surface area contributed by atoms with Gasteiger partial charge in [0, 0.05) is 45.3 Å². The molecule has 132 valence electrons. The Labute approximate surface area is 140 Å². The Morgan fingerprint density at radius 2 is 2.00 bits per heavy atom. The number of halogens is 2. The van der Waals surface area contributed by atoms with Crippen molar-refractivity contribution in [2.75, 3.05) is 44.3 Å². The molecule has 1 atom stereocenters. The fourth-order valence-corrected chi connectivity index (χ4v) is 3.21. The third-order valence-corrected chi connectivity index (χ3v) is 4.69. The van der Waals surface area contributed by atoms with Crippen molar-refractivity contribution in [1.82, 2.24) is 10.2 Å². The van der Waals surface area contributed by atoms with E-state index in [1.165, 1.54) is 0 Å². The van der Waals surface area contributed by atoms with Gasteiger partial charge in [-0.05, 0) is 11.6 Å². The van der Waals surface area contributed by atoms with E-state index in [0.717, 1.165) is 24.3 Å². The van der Waals surface area contributed by atoms with Crippen LogP contribution >= 0.6 is 0 Å². The smallest absolute Gasteiger partial charge is 0.288 e. The number of carbonyl (C=O) groups excluding carboxylic acids is 1. The lowest BCUT2D eigenvalue weighted by molar-refractivity contribution is -0.129. The number of hydrogen-bond donors (Lipinski definition) is 1. The van der Waals surface area contributed by atoms with Crippen molar-refractivity contribution in [1.29, 1.82) is 0 Å². The third kappa shape index (κ3) is 3.67. The number of rotatable bonds is 4. The van der Waals surface area contributed by atoms with E-state index in [4.69, 9.17) is 4.74 Å². The van der Waals surface area contributed by atoms with E-state index in [9.17, 15) is 13.6 Å². The van der Waals surface area contributed by atoms with Crippen LogP contribution in [-0.4, -0.2) is 62.2 Å². The first kappa shape index (κ1) is 17.1. The summed E-state index contributed by atoms with van der Waals surface area (Å²) < 4.78 is 32.2. The maximum absolute atomic E-state index is 13.7. The second kappa shape index (κ2) is 7.03. The summed E-state index contributed by atoms with van der Waals surface area (Å²) in [4.78, 5) is 15.5. The number of piperazine rings is 1. The van der Waals surface area contributed by atoms with Gasteiger partial charge in [-0.2, -0.15) is 0 Å². The molecule has 5 nitrogen and oxygen atoms in total.